The van der Waals surface area contributed by atoms with Crippen molar-refractivity contribution in [2.24, 2.45) is 0 Å². The maximum Gasteiger partial charge on any atom is 0.415 e. The lowest BCUT2D eigenvalue weighted by atomic mass is 10.0. The second-order valence-corrected chi connectivity index (χ2v) is 7.00. The maximum absolute atomic E-state index is 12.6. The predicted molar refractivity (Wildman–Crippen MR) is 116 cm³/mol. The lowest BCUT2D eigenvalue weighted by molar-refractivity contribution is 0.161. The highest BCUT2D eigenvalue weighted by Gasteiger charge is 2.13. The molecular formula is C25H19N3O2. The molecule has 1 amide bonds. The van der Waals surface area contributed by atoms with Crippen LogP contribution in [0.15, 0.2) is 85.2 Å². The minimum atomic E-state index is -0.433. The number of nitriles is 1. The summed E-state index contributed by atoms with van der Waals surface area (Å²) in [5.74, 6) is 0.467. The van der Waals surface area contributed by atoms with Gasteiger partial charge in [0.05, 0.1) is 11.6 Å². The number of ether oxygens (including phenoxy) is 1. The normalized spacial score (nSPS) is 10.4. The van der Waals surface area contributed by atoms with E-state index in [0.29, 0.717) is 17.9 Å². The highest BCUT2D eigenvalue weighted by molar-refractivity contribution is 5.86. The highest BCUT2D eigenvalue weighted by Crippen LogP contribution is 2.23. The van der Waals surface area contributed by atoms with Crippen LogP contribution in [0.4, 0.5) is 4.79 Å². The Kier molecular flexibility index (Phi) is 5.40. The molecule has 0 fully saturated rings. The van der Waals surface area contributed by atoms with Crippen molar-refractivity contribution in [1.82, 2.24) is 9.88 Å². The van der Waals surface area contributed by atoms with E-state index < -0.39 is 6.09 Å². The monoisotopic (exact) mass is 393 g/mol. The molecule has 0 N–H and O–H groups in total. The van der Waals surface area contributed by atoms with E-state index in [0.717, 1.165) is 27.5 Å². The van der Waals surface area contributed by atoms with E-state index in [1.54, 1.807) is 37.6 Å². The molecule has 0 atom stereocenters. The van der Waals surface area contributed by atoms with Crippen LogP contribution in [-0.2, 0) is 6.54 Å². The Balaban J connectivity index is 1.45. The third-order valence-electron chi connectivity index (χ3n) is 4.82. The number of nitrogens with zero attached hydrogens (tertiary/aromatic N) is 3. The number of benzene rings is 3. The fourth-order valence-corrected chi connectivity index (χ4v) is 3.27. The Morgan fingerprint density at radius 3 is 2.53 bits per heavy atom. The van der Waals surface area contributed by atoms with Crippen LogP contribution in [0.2, 0.25) is 0 Å². The van der Waals surface area contributed by atoms with E-state index in [4.69, 9.17) is 10.00 Å². The average molecular weight is 393 g/mol. The molecule has 0 aliphatic carbocycles. The van der Waals surface area contributed by atoms with Gasteiger partial charge in [-0.25, -0.2) is 4.79 Å². The molecule has 3 aromatic carbocycles. The van der Waals surface area contributed by atoms with Crippen molar-refractivity contribution < 1.29 is 9.53 Å². The number of amides is 1. The van der Waals surface area contributed by atoms with Gasteiger partial charge in [0.1, 0.15) is 5.75 Å². The number of hydrogen-bond acceptors (Lipinski definition) is 4. The van der Waals surface area contributed by atoms with Crippen molar-refractivity contribution in [2.45, 2.75) is 6.54 Å². The molecule has 4 rings (SSSR count). The number of carbonyl (C=O) groups excluding carboxylic acids is 1. The molecule has 0 aliphatic heterocycles. The van der Waals surface area contributed by atoms with E-state index in [1.165, 1.54) is 4.90 Å². The van der Waals surface area contributed by atoms with Crippen LogP contribution < -0.4 is 4.74 Å². The number of carbonyl (C=O) groups is 1. The minimum Gasteiger partial charge on any atom is -0.410 e. The van der Waals surface area contributed by atoms with Gasteiger partial charge in [-0.1, -0.05) is 30.3 Å². The summed E-state index contributed by atoms with van der Waals surface area (Å²) in [5.41, 5.74) is 3.75. The Morgan fingerprint density at radius 1 is 0.967 bits per heavy atom. The van der Waals surface area contributed by atoms with Crippen molar-refractivity contribution in [3.8, 4) is 22.9 Å². The number of rotatable bonds is 4. The number of fused-ring (bicyclic) bond motifs is 1. The van der Waals surface area contributed by atoms with Crippen LogP contribution >= 0.6 is 0 Å². The summed E-state index contributed by atoms with van der Waals surface area (Å²) in [5, 5.41) is 10.8. The third-order valence-corrected chi connectivity index (χ3v) is 4.82. The van der Waals surface area contributed by atoms with Gasteiger partial charge >= 0.3 is 6.09 Å². The smallest absolute Gasteiger partial charge is 0.410 e. The predicted octanol–water partition coefficient (Wildman–Crippen LogP) is 5.40. The molecule has 4 aromatic rings. The van der Waals surface area contributed by atoms with Gasteiger partial charge in [-0.3, -0.25) is 4.98 Å². The van der Waals surface area contributed by atoms with Gasteiger partial charge in [0.15, 0.2) is 0 Å². The van der Waals surface area contributed by atoms with Crippen LogP contribution in [0.1, 0.15) is 11.1 Å². The molecule has 146 valence electrons. The largest absolute Gasteiger partial charge is 0.415 e. The number of pyridine rings is 1. The van der Waals surface area contributed by atoms with Gasteiger partial charge in [-0.2, -0.15) is 5.26 Å². The molecule has 1 aromatic heterocycles. The summed E-state index contributed by atoms with van der Waals surface area (Å²) < 4.78 is 5.54. The summed E-state index contributed by atoms with van der Waals surface area (Å²) in [7, 11) is 1.71. The van der Waals surface area contributed by atoms with Gasteiger partial charge in [-0.05, 0) is 69.9 Å². The second kappa shape index (κ2) is 8.46. The SMILES string of the molecule is CN(Cc1cccc(-c2ccncc2)c1)C(=O)Oc1ccc2cc(C#N)ccc2c1. The molecule has 0 unspecified atom stereocenters. The van der Waals surface area contributed by atoms with Crippen LogP contribution in [-0.4, -0.2) is 23.0 Å². The van der Waals surface area contributed by atoms with Gasteiger partial charge in [0, 0.05) is 26.0 Å². The highest BCUT2D eigenvalue weighted by atomic mass is 16.6. The van der Waals surface area contributed by atoms with E-state index in [2.05, 4.69) is 17.1 Å². The molecule has 0 saturated carbocycles. The summed E-state index contributed by atoms with van der Waals surface area (Å²) in [6, 6.07) is 24.9. The molecule has 0 saturated heterocycles. The van der Waals surface area contributed by atoms with E-state index in [9.17, 15) is 4.79 Å². The maximum atomic E-state index is 12.6. The molecule has 0 spiro atoms. The fourth-order valence-electron chi connectivity index (χ4n) is 3.27. The second-order valence-electron chi connectivity index (χ2n) is 7.00. The molecule has 1 heterocycles. The number of aromatic nitrogens is 1. The first-order valence-electron chi connectivity index (χ1n) is 9.48. The first-order valence-corrected chi connectivity index (χ1v) is 9.48. The Labute approximate surface area is 174 Å². The molecule has 30 heavy (non-hydrogen) atoms. The lowest BCUT2D eigenvalue weighted by Gasteiger charge is -2.17. The van der Waals surface area contributed by atoms with Gasteiger partial charge in [0.2, 0.25) is 0 Å². The van der Waals surface area contributed by atoms with Gasteiger partial charge < -0.3 is 9.64 Å². The number of hydrogen-bond donors (Lipinski definition) is 0. The zero-order valence-electron chi connectivity index (χ0n) is 16.4. The first-order chi connectivity index (χ1) is 14.6. The molecule has 5 heteroatoms. The molecule has 0 bridgehead atoms. The standard InChI is InChI=1S/C25H19N3O2/c1-28(17-19-3-2-4-21(14-19)20-9-11-27-12-10-20)25(29)30-24-8-7-22-13-18(16-26)5-6-23(22)15-24/h2-15H,17H2,1H3. The summed E-state index contributed by atoms with van der Waals surface area (Å²) in [6.45, 7) is 0.427. The van der Waals surface area contributed by atoms with Crippen molar-refractivity contribution in [1.29, 1.82) is 5.26 Å². The van der Waals surface area contributed by atoms with Crippen LogP contribution in [0.3, 0.4) is 0 Å². The summed E-state index contributed by atoms with van der Waals surface area (Å²) >= 11 is 0. The molecular weight excluding hydrogens is 374 g/mol. The first kappa shape index (κ1) is 19.2. The van der Waals surface area contributed by atoms with Crippen molar-refractivity contribution in [3.63, 3.8) is 0 Å². The van der Waals surface area contributed by atoms with Crippen molar-refractivity contribution >= 4 is 16.9 Å². The Hall–Kier alpha value is -4.17. The van der Waals surface area contributed by atoms with Gasteiger partial charge in [0.25, 0.3) is 0 Å². The molecule has 0 aliphatic rings. The molecule has 5 nitrogen and oxygen atoms in total. The Morgan fingerprint density at radius 2 is 1.73 bits per heavy atom. The third kappa shape index (κ3) is 4.29. The van der Waals surface area contributed by atoms with E-state index in [1.807, 2.05) is 48.5 Å². The van der Waals surface area contributed by atoms with Crippen molar-refractivity contribution in [3.05, 3.63) is 96.3 Å². The topological polar surface area (TPSA) is 66.2 Å². The Bertz CT molecular complexity index is 1250. The van der Waals surface area contributed by atoms with Crippen LogP contribution in [0, 0.1) is 11.3 Å². The fraction of sp³-hybridized carbons (Fsp3) is 0.0800. The van der Waals surface area contributed by atoms with Gasteiger partial charge in [-0.15, -0.1) is 0 Å². The average Bonchev–Trinajstić information content (AvgIpc) is 2.79. The molecule has 0 radical (unpaired) electrons. The van der Waals surface area contributed by atoms with E-state index in [-0.39, 0.29) is 0 Å². The van der Waals surface area contributed by atoms with Crippen LogP contribution in [0.25, 0.3) is 21.9 Å². The van der Waals surface area contributed by atoms with Crippen LogP contribution in [0.5, 0.6) is 5.75 Å². The van der Waals surface area contributed by atoms with Crippen molar-refractivity contribution in [2.75, 3.05) is 7.05 Å². The summed E-state index contributed by atoms with van der Waals surface area (Å²) in [4.78, 5) is 18.1. The summed E-state index contributed by atoms with van der Waals surface area (Å²) in [6.07, 6.45) is 3.09. The minimum absolute atomic E-state index is 0.427. The zero-order valence-corrected chi connectivity index (χ0v) is 16.4. The lowest BCUT2D eigenvalue weighted by Crippen LogP contribution is -2.29. The zero-order chi connectivity index (χ0) is 20.9. The quantitative estimate of drug-likeness (QED) is 0.465. The van der Waals surface area contributed by atoms with E-state index >= 15 is 0 Å².